The molecule has 1 atom stereocenters. The van der Waals surface area contributed by atoms with Crippen molar-refractivity contribution in [1.82, 2.24) is 4.90 Å². The van der Waals surface area contributed by atoms with Crippen LogP contribution in [0.1, 0.15) is 58.3 Å². The third-order valence-electron chi connectivity index (χ3n) is 4.85. The van der Waals surface area contributed by atoms with Crippen LogP contribution in [0.5, 0.6) is 0 Å². The van der Waals surface area contributed by atoms with Gasteiger partial charge in [0.05, 0.1) is 22.5 Å². The molecule has 30 heavy (non-hydrogen) atoms. The Labute approximate surface area is 203 Å². The third-order valence-corrected chi connectivity index (χ3v) is 5.64. The maximum Gasteiger partial charge on any atom is 1.00 e. The van der Waals surface area contributed by atoms with Crippen LogP contribution >= 0.6 is 0 Å². The number of rotatable bonds is 16. The first-order valence-corrected chi connectivity index (χ1v) is 12.1. The van der Waals surface area contributed by atoms with Crippen molar-refractivity contribution in [3.8, 4) is 0 Å². The zero-order valence-electron chi connectivity index (χ0n) is 18.5. The van der Waals surface area contributed by atoms with E-state index >= 15 is 0 Å². The first-order valence-electron chi connectivity index (χ1n) is 10.6. The predicted molar refractivity (Wildman–Crippen MR) is 111 cm³/mol. The quantitative estimate of drug-likeness (QED) is 0.0898. The number of ketones is 1. The minimum absolute atomic E-state index is 0. The number of carbonyl (C=O) groups excluding carboxylic acids is 1. The molecule has 0 amide bonds. The molecule has 1 aliphatic heterocycles. The van der Waals surface area contributed by atoms with Crippen molar-refractivity contribution in [1.29, 1.82) is 0 Å². The van der Waals surface area contributed by atoms with Gasteiger partial charge in [0.2, 0.25) is 5.78 Å². The van der Waals surface area contributed by atoms with Gasteiger partial charge in [0.15, 0.2) is 0 Å². The van der Waals surface area contributed by atoms with Crippen LogP contribution in [0.2, 0.25) is 0 Å². The molecule has 168 valence electrons. The summed E-state index contributed by atoms with van der Waals surface area (Å²) in [4.78, 5) is 14.5. The number of carbonyl (C=O) groups is 1. The molecular formula is C20H36N2NaO6S+. The third kappa shape index (κ3) is 12.5. The molecule has 0 aromatic rings. The molecule has 0 aromatic heterocycles. The van der Waals surface area contributed by atoms with Crippen LogP contribution in [-0.2, 0) is 14.9 Å². The summed E-state index contributed by atoms with van der Waals surface area (Å²) < 4.78 is 34.2. The van der Waals surface area contributed by atoms with Gasteiger partial charge in [-0.05, 0) is 32.1 Å². The zero-order chi connectivity index (χ0) is 21.7. The van der Waals surface area contributed by atoms with Gasteiger partial charge in [0.1, 0.15) is 32.3 Å². The number of Topliss-reactive ketones (excluding diaryl/α,β-unsaturated/α-hetero) is 1. The first-order chi connectivity index (χ1) is 13.8. The van der Waals surface area contributed by atoms with Gasteiger partial charge in [-0.2, -0.15) is 0 Å². The monoisotopic (exact) mass is 455 g/mol. The largest absolute Gasteiger partial charge is 1.00 e. The summed E-state index contributed by atoms with van der Waals surface area (Å²) in [5.74, 6) is -0.563. The summed E-state index contributed by atoms with van der Waals surface area (Å²) in [6, 6.07) is 0. The summed E-state index contributed by atoms with van der Waals surface area (Å²) in [6.07, 6.45) is 10.7. The van der Waals surface area contributed by atoms with Crippen LogP contribution in [-0.4, -0.2) is 88.9 Å². The molecule has 1 rings (SSSR count). The van der Waals surface area contributed by atoms with Crippen LogP contribution in [0.25, 0.3) is 0 Å². The molecule has 0 aromatic carbocycles. The van der Waals surface area contributed by atoms with E-state index < -0.39 is 22.0 Å². The van der Waals surface area contributed by atoms with Gasteiger partial charge < -0.3 is 14.8 Å². The number of allylic oxidation sites excluding steroid dienone is 2. The predicted octanol–water partition coefficient (Wildman–Crippen LogP) is -2.12. The molecule has 0 bridgehead atoms. The number of hydrogen-bond donors (Lipinski definition) is 2. The summed E-state index contributed by atoms with van der Waals surface area (Å²) in [5.41, 5.74) is 0. The van der Waals surface area contributed by atoms with E-state index in [2.05, 4.69) is 19.1 Å². The molecule has 1 aliphatic rings. The topological polar surface area (TPSA) is 121 Å². The molecule has 1 heterocycles. The van der Waals surface area contributed by atoms with Crippen LogP contribution in [0.15, 0.2) is 12.2 Å². The van der Waals surface area contributed by atoms with Gasteiger partial charge in [-0.25, -0.2) is 8.42 Å². The molecule has 8 nitrogen and oxygen atoms in total. The van der Waals surface area contributed by atoms with Crippen molar-refractivity contribution in [3.05, 3.63) is 12.2 Å². The van der Waals surface area contributed by atoms with Gasteiger partial charge in [-0.1, -0.05) is 31.9 Å². The number of hydrogen-bond acceptors (Lipinski definition) is 7. The second-order valence-electron chi connectivity index (χ2n) is 7.49. The van der Waals surface area contributed by atoms with E-state index in [0.29, 0.717) is 31.9 Å². The van der Waals surface area contributed by atoms with E-state index in [4.69, 9.17) is 0 Å². The van der Waals surface area contributed by atoms with Gasteiger partial charge >= 0.3 is 35.4 Å². The molecule has 0 saturated heterocycles. The number of nitrogens with zero attached hydrogens (tertiary/aromatic N) is 2. The number of β-amino-alcohol motifs (C(OH)–C–C–N with tert-alkyl or cyclic N) is 2. The van der Waals surface area contributed by atoms with Gasteiger partial charge in [-0.15, -0.1) is 0 Å². The number of unbranched alkanes of at least 4 members (excludes halogenated alkanes) is 5. The molecule has 10 heteroatoms. The van der Waals surface area contributed by atoms with Gasteiger partial charge in [-0.3, -0.25) is 14.3 Å². The van der Waals surface area contributed by atoms with E-state index in [1.165, 1.54) is 19.3 Å². The van der Waals surface area contributed by atoms with Crippen LogP contribution in [0.4, 0.5) is 0 Å². The average molecular weight is 456 g/mol. The normalized spacial score (nSPS) is 15.7. The summed E-state index contributed by atoms with van der Waals surface area (Å²) in [7, 11) is -4.54. The maximum atomic E-state index is 12.7. The second kappa shape index (κ2) is 16.4. The second-order valence-corrected chi connectivity index (χ2v) is 8.94. The van der Waals surface area contributed by atoms with E-state index in [1.807, 2.05) is 0 Å². The Morgan fingerprint density at radius 1 is 1.23 bits per heavy atom. The Hall–Kier alpha value is -0.290. The smallest absolute Gasteiger partial charge is 0.748 e. The van der Waals surface area contributed by atoms with Crippen molar-refractivity contribution in [2.45, 2.75) is 64.4 Å². The van der Waals surface area contributed by atoms with E-state index in [9.17, 15) is 28.0 Å². The molecule has 0 aliphatic carbocycles. The molecular weight excluding hydrogens is 419 g/mol. The number of aliphatic hydroxyl groups excluding tert-OH is 2. The van der Waals surface area contributed by atoms with Crippen molar-refractivity contribution in [2.75, 3.05) is 38.5 Å². The Bertz CT molecular complexity index is 666. The summed E-state index contributed by atoms with van der Waals surface area (Å²) >= 11 is 0. The average Bonchev–Trinajstić information content (AvgIpc) is 3.01. The van der Waals surface area contributed by atoms with Crippen molar-refractivity contribution >= 4 is 21.7 Å². The van der Waals surface area contributed by atoms with Gasteiger partial charge in [0, 0.05) is 6.42 Å². The van der Waals surface area contributed by atoms with E-state index in [0.717, 1.165) is 25.7 Å². The minimum Gasteiger partial charge on any atom is -0.748 e. The zero-order valence-corrected chi connectivity index (χ0v) is 21.3. The fraction of sp³-hybridized carbons (Fsp3) is 0.800. The van der Waals surface area contributed by atoms with Crippen molar-refractivity contribution in [2.24, 2.45) is 0 Å². The molecule has 0 saturated carbocycles. The van der Waals surface area contributed by atoms with Crippen LogP contribution < -0.4 is 29.6 Å². The molecule has 0 spiro atoms. The van der Waals surface area contributed by atoms with Crippen LogP contribution in [0, 0.1) is 0 Å². The van der Waals surface area contributed by atoms with Gasteiger partial charge in [0.25, 0.3) is 0 Å². The Balaban J connectivity index is 0.00000841. The Morgan fingerprint density at radius 2 is 1.87 bits per heavy atom. The number of aliphatic hydroxyl groups is 2. The van der Waals surface area contributed by atoms with E-state index in [-0.39, 0.29) is 48.5 Å². The summed E-state index contributed by atoms with van der Waals surface area (Å²) in [6.45, 7) is 3.23. The fourth-order valence-electron chi connectivity index (χ4n) is 3.47. The Kier molecular flexibility index (Phi) is 16.2. The van der Waals surface area contributed by atoms with Crippen LogP contribution in [0.3, 0.4) is 0 Å². The van der Waals surface area contributed by atoms with E-state index in [1.54, 1.807) is 9.48 Å². The Morgan fingerprint density at radius 3 is 2.43 bits per heavy atom. The summed E-state index contributed by atoms with van der Waals surface area (Å²) in [5, 5.41) is 19.1. The van der Waals surface area contributed by atoms with Crippen molar-refractivity contribution < 1.29 is 62.1 Å². The molecule has 0 radical (unpaired) electrons. The molecule has 1 unspecified atom stereocenters. The molecule has 2 N–H and O–H groups in total. The molecule has 0 fully saturated rings. The minimum atomic E-state index is -4.54. The standard InChI is InChI=1S/C20H36N2O6S.Na/c1-2-3-4-5-6-7-8-9-10-11-19(25)20-21(14-15-23)12-13-22(20)16-18(24)17-29(26,27)28;/h6-7,18,23-24H,2-5,8-17H2,1H3;/q;+1/b7-6+;. The fourth-order valence-corrected chi connectivity index (χ4v) is 4.05. The first kappa shape index (κ1) is 29.7. The van der Waals surface area contributed by atoms with Crippen molar-refractivity contribution in [3.63, 3.8) is 0 Å². The maximum absolute atomic E-state index is 12.7. The SMILES string of the molecule is CCCCC/C=C/CCCCC(=O)C1=[N+](CC(O)CS(=O)(=O)[O-])CCN1CCO.[Na+]. The number of amidine groups is 1.